The van der Waals surface area contributed by atoms with Crippen molar-refractivity contribution in [3.8, 4) is 22.8 Å². The van der Waals surface area contributed by atoms with E-state index in [1.807, 2.05) is 64.2 Å². The summed E-state index contributed by atoms with van der Waals surface area (Å²) < 4.78 is 22.9. The predicted octanol–water partition coefficient (Wildman–Crippen LogP) is 5.92. The molecule has 0 spiro atoms. The van der Waals surface area contributed by atoms with Gasteiger partial charge in [0.15, 0.2) is 5.65 Å². The summed E-state index contributed by atoms with van der Waals surface area (Å²) in [5, 5.41) is 7.84. The maximum atomic E-state index is 15.0. The van der Waals surface area contributed by atoms with Gasteiger partial charge in [-0.05, 0) is 86.4 Å². The number of piperidine rings is 2. The molecule has 2 saturated heterocycles. The third-order valence-electron chi connectivity index (χ3n) is 10.6. The maximum Gasteiger partial charge on any atom is 0.263 e. The molecule has 3 N–H and O–H groups in total. The number of nitrogen functional groups attached to an aromatic ring is 1. The molecule has 8 rings (SSSR count). The highest BCUT2D eigenvalue weighted by Gasteiger charge is 2.46. The normalized spacial score (nSPS) is 17.3. The minimum absolute atomic E-state index is 0.000758. The van der Waals surface area contributed by atoms with E-state index in [9.17, 15) is 24.0 Å². The molecule has 3 aromatic carbocycles. The number of hydrogen-bond donors (Lipinski definition) is 2. The molecule has 16 heteroatoms. The molecule has 3 aliphatic heterocycles. The molecule has 0 bridgehead atoms. The van der Waals surface area contributed by atoms with Crippen LogP contribution in [-0.2, 0) is 14.4 Å². The third kappa shape index (κ3) is 7.56. The van der Waals surface area contributed by atoms with E-state index in [1.54, 1.807) is 0 Å². The number of nitrogens with one attached hydrogen (secondary N) is 1. The number of benzene rings is 3. The number of ether oxygens (including phenoxy) is 1. The predicted molar refractivity (Wildman–Crippen MR) is 209 cm³/mol. The molecule has 0 saturated carbocycles. The van der Waals surface area contributed by atoms with Crippen LogP contribution in [-0.4, -0.2) is 84.0 Å². The highest BCUT2D eigenvalue weighted by molar-refractivity contribution is 7.99. The highest BCUT2D eigenvalue weighted by Crippen LogP contribution is 2.38. The molecule has 5 amide bonds. The minimum atomic E-state index is -1.12. The second-order valence-electron chi connectivity index (χ2n) is 14.2. The first-order chi connectivity index (χ1) is 27.7. The Balaban J connectivity index is 0.828. The number of nitrogens with two attached hydrogens (primary N) is 1. The average Bonchev–Trinajstić information content (AvgIpc) is 3.73. The molecular weight excluding hydrogens is 752 g/mol. The number of nitrogens with zero attached hydrogens (tertiary/aromatic N) is 6. The molecule has 2 aromatic heterocycles. The van der Waals surface area contributed by atoms with Crippen molar-refractivity contribution in [1.29, 1.82) is 0 Å². The second-order valence-corrected chi connectivity index (χ2v) is 15.3. The van der Waals surface area contributed by atoms with E-state index >= 15 is 4.39 Å². The zero-order valence-corrected chi connectivity index (χ0v) is 31.7. The van der Waals surface area contributed by atoms with Crippen LogP contribution in [0.15, 0.2) is 78.0 Å². The Morgan fingerprint density at radius 3 is 2.40 bits per heavy atom. The Morgan fingerprint density at radius 2 is 1.65 bits per heavy atom. The van der Waals surface area contributed by atoms with Gasteiger partial charge in [0.1, 0.15) is 41.2 Å². The van der Waals surface area contributed by atoms with Crippen molar-refractivity contribution in [2.75, 3.05) is 24.6 Å². The lowest BCUT2D eigenvalue weighted by Crippen LogP contribution is -2.54. The third-order valence-corrected chi connectivity index (χ3v) is 11.8. The van der Waals surface area contributed by atoms with Crippen LogP contribution in [0.25, 0.3) is 22.3 Å². The van der Waals surface area contributed by atoms with E-state index in [4.69, 9.17) is 15.6 Å². The highest BCUT2D eigenvalue weighted by atomic mass is 32.2. The van der Waals surface area contributed by atoms with E-state index < -0.39 is 35.5 Å². The number of amides is 5. The van der Waals surface area contributed by atoms with Gasteiger partial charge in [0.05, 0.1) is 27.5 Å². The first kappa shape index (κ1) is 37.7. The zero-order chi connectivity index (χ0) is 39.6. The molecule has 5 heterocycles. The summed E-state index contributed by atoms with van der Waals surface area (Å²) in [4.78, 5) is 75.3. The Labute approximate surface area is 331 Å². The fraction of sp³-hybridized carbons (Fsp3) is 0.317. The number of thioether (sulfide) groups is 1. The number of unbranched alkanes of at least 4 members (excludes halogenated alkanes) is 2. The van der Waals surface area contributed by atoms with Crippen molar-refractivity contribution in [2.45, 2.75) is 68.3 Å². The van der Waals surface area contributed by atoms with E-state index in [0.29, 0.717) is 85.7 Å². The summed E-state index contributed by atoms with van der Waals surface area (Å²) in [6.45, 7) is 1.15. The zero-order valence-electron chi connectivity index (χ0n) is 30.9. The smallest absolute Gasteiger partial charge is 0.263 e. The van der Waals surface area contributed by atoms with Crippen molar-refractivity contribution in [1.82, 2.24) is 34.9 Å². The van der Waals surface area contributed by atoms with Gasteiger partial charge in [0, 0.05) is 31.5 Å². The molecule has 1 unspecified atom stereocenters. The van der Waals surface area contributed by atoms with Gasteiger partial charge in [-0.15, -0.1) is 11.8 Å². The number of para-hydroxylation sites is 1. The van der Waals surface area contributed by atoms with Gasteiger partial charge in [-0.2, -0.15) is 5.10 Å². The number of carbonyl (C=O) groups is 5. The largest absolute Gasteiger partial charge is 0.457 e. The first-order valence-electron chi connectivity index (χ1n) is 18.9. The standard InChI is InChI=1S/C41H39FN8O6S/c42-29-15-14-28-33(41(55)49(40(28)54)30-16-17-31(51)46-39(30)53)36(29)57-22-6-2-5-9-32(52)48-20-18-25(19-21-48)50-38-34(37(43)44-23-45-38)35(47-50)24-10-12-27(13-11-24)56-26-7-3-1-4-8-26/h1,3-4,7-8,10-15,23,25,30H,2,5-6,9,16-22H2,(H2,43,44,45)(H,46,51,53). The molecule has 292 valence electrons. The van der Waals surface area contributed by atoms with E-state index in [1.165, 1.54) is 12.4 Å². The fourth-order valence-electron chi connectivity index (χ4n) is 7.65. The van der Waals surface area contributed by atoms with Crippen molar-refractivity contribution in [3.63, 3.8) is 0 Å². The first-order valence-corrected chi connectivity index (χ1v) is 19.9. The van der Waals surface area contributed by atoms with Crippen LogP contribution in [0.5, 0.6) is 11.5 Å². The number of carbonyl (C=O) groups excluding carboxylic acids is 5. The van der Waals surface area contributed by atoms with Crippen LogP contribution in [0.3, 0.4) is 0 Å². The molecule has 2 fully saturated rings. The van der Waals surface area contributed by atoms with Gasteiger partial charge in [0.2, 0.25) is 17.7 Å². The van der Waals surface area contributed by atoms with E-state index in [0.717, 1.165) is 34.0 Å². The van der Waals surface area contributed by atoms with Crippen molar-refractivity contribution < 1.29 is 33.1 Å². The summed E-state index contributed by atoms with van der Waals surface area (Å²) in [5.41, 5.74) is 8.54. The summed E-state index contributed by atoms with van der Waals surface area (Å²) in [6, 6.07) is 18.5. The van der Waals surface area contributed by atoms with Gasteiger partial charge >= 0.3 is 0 Å². The van der Waals surface area contributed by atoms with Crippen molar-refractivity contribution in [2.24, 2.45) is 0 Å². The number of imide groups is 2. The number of rotatable bonds is 12. The Bertz CT molecular complexity index is 2380. The van der Waals surface area contributed by atoms with Crippen molar-refractivity contribution >= 4 is 58.1 Å². The van der Waals surface area contributed by atoms with E-state index in [2.05, 4.69) is 15.3 Å². The molecule has 3 aliphatic rings. The van der Waals surface area contributed by atoms with Gasteiger partial charge in [-0.25, -0.2) is 19.0 Å². The number of aromatic nitrogens is 4. The van der Waals surface area contributed by atoms with Gasteiger partial charge in [-0.1, -0.05) is 24.6 Å². The number of anilines is 1. The molecule has 1 atom stereocenters. The van der Waals surface area contributed by atoms with Crippen LogP contribution in [0, 0.1) is 5.82 Å². The summed E-state index contributed by atoms with van der Waals surface area (Å²) in [7, 11) is 0. The van der Waals surface area contributed by atoms with Crippen LogP contribution in [0.1, 0.15) is 78.1 Å². The molecule has 0 radical (unpaired) electrons. The van der Waals surface area contributed by atoms with Crippen LogP contribution in [0.2, 0.25) is 0 Å². The topological polar surface area (TPSA) is 183 Å². The van der Waals surface area contributed by atoms with E-state index in [-0.39, 0.29) is 40.8 Å². The molecule has 5 aromatic rings. The summed E-state index contributed by atoms with van der Waals surface area (Å²) in [6.07, 6.45) is 5.24. The van der Waals surface area contributed by atoms with Gasteiger partial charge < -0.3 is 15.4 Å². The molecule has 14 nitrogen and oxygen atoms in total. The minimum Gasteiger partial charge on any atom is -0.457 e. The van der Waals surface area contributed by atoms with Crippen LogP contribution in [0.4, 0.5) is 10.2 Å². The van der Waals surface area contributed by atoms with Gasteiger partial charge in [0.25, 0.3) is 11.8 Å². The Morgan fingerprint density at radius 1 is 0.895 bits per heavy atom. The molecular formula is C41H39FN8O6S. The average molecular weight is 791 g/mol. The second kappa shape index (κ2) is 16.1. The quantitative estimate of drug-likeness (QED) is 0.0869. The van der Waals surface area contributed by atoms with Crippen LogP contribution < -0.4 is 15.8 Å². The number of halogens is 1. The molecule has 0 aliphatic carbocycles. The Hall–Kier alpha value is -6.16. The molecule has 57 heavy (non-hydrogen) atoms. The van der Waals surface area contributed by atoms with Gasteiger partial charge in [-0.3, -0.25) is 34.2 Å². The SMILES string of the molecule is Nc1ncnc2c1c(-c1ccc(Oc3ccccc3)cc1)nn2C1CCN(C(=O)CCCCCSc2c(F)ccc3c2C(=O)N(C2CCC(=O)NC2=O)C3=O)CC1. The lowest BCUT2D eigenvalue weighted by Gasteiger charge is -2.32. The monoisotopic (exact) mass is 790 g/mol. The van der Waals surface area contributed by atoms with Crippen molar-refractivity contribution in [3.05, 3.63) is 90.0 Å². The van der Waals surface area contributed by atoms with Crippen LogP contribution >= 0.6 is 11.8 Å². The summed E-state index contributed by atoms with van der Waals surface area (Å²) in [5.74, 6) is -0.909. The summed E-state index contributed by atoms with van der Waals surface area (Å²) >= 11 is 1.14. The lowest BCUT2D eigenvalue weighted by atomic mass is 10.0. The Kier molecular flexibility index (Phi) is 10.7. The number of fused-ring (bicyclic) bond motifs is 2. The fourth-order valence-corrected chi connectivity index (χ4v) is 8.75. The number of likely N-dealkylation sites (tertiary alicyclic amines) is 1. The number of hydrogen-bond acceptors (Lipinski definition) is 11. The lowest BCUT2D eigenvalue weighted by molar-refractivity contribution is -0.136. The maximum absolute atomic E-state index is 15.0.